The topological polar surface area (TPSA) is 52.0 Å². The lowest BCUT2D eigenvalue weighted by atomic mass is 9.87. The Labute approximate surface area is 104 Å². The maximum absolute atomic E-state index is 6.23. The van der Waals surface area contributed by atoms with Crippen LogP contribution in [-0.4, -0.2) is 5.54 Å². The molecule has 0 spiro atoms. The minimum Gasteiger partial charge on any atom is -0.325 e. The van der Waals surface area contributed by atoms with Crippen molar-refractivity contribution >= 4 is 0 Å². The fourth-order valence-corrected chi connectivity index (χ4v) is 2.67. The van der Waals surface area contributed by atoms with Crippen molar-refractivity contribution in [2.24, 2.45) is 11.5 Å². The molecule has 0 aromatic heterocycles. The third-order valence-electron chi connectivity index (χ3n) is 3.55. The third-order valence-corrected chi connectivity index (χ3v) is 3.55. The highest BCUT2D eigenvalue weighted by Crippen LogP contribution is 2.26. The summed E-state index contributed by atoms with van der Waals surface area (Å²) in [5.74, 6) is 0. The van der Waals surface area contributed by atoms with Gasteiger partial charge in [-0.2, -0.15) is 0 Å². The second-order valence-corrected chi connectivity index (χ2v) is 6.03. The van der Waals surface area contributed by atoms with Crippen LogP contribution in [0.2, 0.25) is 0 Å². The van der Waals surface area contributed by atoms with E-state index in [1.54, 1.807) is 0 Å². The predicted octanol–water partition coefficient (Wildman–Crippen LogP) is 2.69. The number of aryl methyl sites for hydroxylation is 2. The number of nitrogens with two attached hydrogens (primary N) is 2. The standard InChI is InChI=1S/C15H24N2/c1-15(2,17)10-14(16)13-8-7-11-5-3-4-6-12(11)9-13/h7-9,14H,3-6,10,16-17H2,1-2H3. The molecular weight excluding hydrogens is 208 g/mol. The van der Waals surface area contributed by atoms with Gasteiger partial charge in [0.05, 0.1) is 0 Å². The summed E-state index contributed by atoms with van der Waals surface area (Å²) in [5, 5.41) is 0. The first-order valence-corrected chi connectivity index (χ1v) is 6.62. The van der Waals surface area contributed by atoms with Crippen LogP contribution in [0.15, 0.2) is 18.2 Å². The number of fused-ring (bicyclic) bond motifs is 1. The molecule has 0 bridgehead atoms. The maximum Gasteiger partial charge on any atom is 0.0312 e. The van der Waals surface area contributed by atoms with Crippen molar-refractivity contribution in [1.29, 1.82) is 0 Å². The molecule has 2 heteroatoms. The lowest BCUT2D eigenvalue weighted by Crippen LogP contribution is -2.35. The van der Waals surface area contributed by atoms with Crippen molar-refractivity contribution < 1.29 is 0 Å². The molecule has 0 heterocycles. The summed E-state index contributed by atoms with van der Waals surface area (Å²) in [5.41, 5.74) is 16.3. The SMILES string of the molecule is CC(C)(N)CC(N)c1ccc2c(c1)CCCC2. The largest absolute Gasteiger partial charge is 0.325 e. The van der Waals surface area contributed by atoms with E-state index in [4.69, 9.17) is 11.5 Å². The highest BCUT2D eigenvalue weighted by Gasteiger charge is 2.18. The molecule has 2 rings (SSSR count). The smallest absolute Gasteiger partial charge is 0.0312 e. The zero-order valence-corrected chi connectivity index (χ0v) is 11.0. The quantitative estimate of drug-likeness (QED) is 0.842. The second kappa shape index (κ2) is 4.79. The normalized spacial score (nSPS) is 17.6. The number of hydrogen-bond donors (Lipinski definition) is 2. The molecule has 0 saturated carbocycles. The van der Waals surface area contributed by atoms with Crippen LogP contribution in [0.25, 0.3) is 0 Å². The lowest BCUT2D eigenvalue weighted by Gasteiger charge is -2.25. The van der Waals surface area contributed by atoms with E-state index >= 15 is 0 Å². The van der Waals surface area contributed by atoms with Crippen molar-refractivity contribution in [3.05, 3.63) is 34.9 Å². The van der Waals surface area contributed by atoms with Gasteiger partial charge in [0, 0.05) is 11.6 Å². The van der Waals surface area contributed by atoms with Crippen molar-refractivity contribution in [2.45, 2.75) is 57.5 Å². The summed E-state index contributed by atoms with van der Waals surface area (Å²) in [6.45, 7) is 4.07. The van der Waals surface area contributed by atoms with Crippen molar-refractivity contribution in [1.82, 2.24) is 0 Å². The number of benzene rings is 1. The average Bonchev–Trinajstić information content (AvgIpc) is 2.26. The van der Waals surface area contributed by atoms with E-state index in [0.717, 1.165) is 6.42 Å². The van der Waals surface area contributed by atoms with E-state index in [0.29, 0.717) is 0 Å². The first-order chi connectivity index (χ1) is 7.96. The Morgan fingerprint density at radius 2 is 1.82 bits per heavy atom. The molecule has 1 atom stereocenters. The molecule has 1 aliphatic carbocycles. The zero-order valence-electron chi connectivity index (χ0n) is 11.0. The van der Waals surface area contributed by atoms with Gasteiger partial charge in [-0.25, -0.2) is 0 Å². The third kappa shape index (κ3) is 3.30. The van der Waals surface area contributed by atoms with Gasteiger partial charge in [-0.3, -0.25) is 0 Å². The summed E-state index contributed by atoms with van der Waals surface area (Å²) in [4.78, 5) is 0. The summed E-state index contributed by atoms with van der Waals surface area (Å²) in [6, 6.07) is 6.79. The fraction of sp³-hybridized carbons (Fsp3) is 0.600. The molecule has 4 N–H and O–H groups in total. The Bertz CT molecular complexity index is 390. The molecule has 2 nitrogen and oxygen atoms in total. The van der Waals surface area contributed by atoms with E-state index in [-0.39, 0.29) is 11.6 Å². The monoisotopic (exact) mass is 232 g/mol. The van der Waals surface area contributed by atoms with Crippen LogP contribution in [0.3, 0.4) is 0 Å². The molecule has 1 aromatic rings. The van der Waals surface area contributed by atoms with Gasteiger partial charge < -0.3 is 11.5 Å². The Balaban J connectivity index is 2.16. The predicted molar refractivity (Wildman–Crippen MR) is 72.9 cm³/mol. The molecule has 0 fully saturated rings. The van der Waals surface area contributed by atoms with E-state index in [9.17, 15) is 0 Å². The molecule has 0 saturated heterocycles. The van der Waals surface area contributed by atoms with Gasteiger partial charge >= 0.3 is 0 Å². The van der Waals surface area contributed by atoms with E-state index < -0.39 is 0 Å². The molecule has 94 valence electrons. The van der Waals surface area contributed by atoms with Gasteiger partial charge in [-0.1, -0.05) is 18.2 Å². The maximum atomic E-state index is 6.23. The minimum absolute atomic E-state index is 0.0576. The Morgan fingerprint density at radius 1 is 1.18 bits per heavy atom. The Morgan fingerprint density at radius 3 is 2.47 bits per heavy atom. The zero-order chi connectivity index (χ0) is 12.5. The molecule has 0 radical (unpaired) electrons. The van der Waals surface area contributed by atoms with E-state index in [1.165, 1.54) is 42.4 Å². The van der Waals surface area contributed by atoms with Crippen LogP contribution in [-0.2, 0) is 12.8 Å². The molecule has 1 aromatic carbocycles. The molecule has 0 amide bonds. The van der Waals surface area contributed by atoms with Gasteiger partial charge in [0.15, 0.2) is 0 Å². The molecule has 0 aliphatic heterocycles. The lowest BCUT2D eigenvalue weighted by molar-refractivity contribution is 0.428. The summed E-state index contributed by atoms with van der Waals surface area (Å²) >= 11 is 0. The molecular formula is C15H24N2. The number of hydrogen-bond acceptors (Lipinski definition) is 2. The first-order valence-electron chi connectivity index (χ1n) is 6.62. The summed E-state index contributed by atoms with van der Waals surface area (Å²) < 4.78 is 0. The van der Waals surface area contributed by atoms with Gasteiger partial charge in [0.2, 0.25) is 0 Å². The van der Waals surface area contributed by atoms with Crippen molar-refractivity contribution in [3.63, 3.8) is 0 Å². The van der Waals surface area contributed by atoms with Crippen molar-refractivity contribution in [3.8, 4) is 0 Å². The van der Waals surface area contributed by atoms with Gasteiger partial charge in [-0.15, -0.1) is 0 Å². The van der Waals surface area contributed by atoms with Crippen molar-refractivity contribution in [2.75, 3.05) is 0 Å². The fourth-order valence-electron chi connectivity index (χ4n) is 2.67. The van der Waals surface area contributed by atoms with Crippen LogP contribution < -0.4 is 11.5 Å². The van der Waals surface area contributed by atoms with Crippen LogP contribution >= 0.6 is 0 Å². The van der Waals surface area contributed by atoms with Crippen LogP contribution in [0, 0.1) is 0 Å². The molecule has 1 aliphatic rings. The molecule has 1 unspecified atom stereocenters. The second-order valence-electron chi connectivity index (χ2n) is 6.03. The highest BCUT2D eigenvalue weighted by atomic mass is 14.7. The van der Waals surface area contributed by atoms with Crippen LogP contribution in [0.4, 0.5) is 0 Å². The first kappa shape index (κ1) is 12.6. The number of rotatable bonds is 3. The summed E-state index contributed by atoms with van der Waals surface area (Å²) in [6.07, 6.45) is 5.91. The highest BCUT2D eigenvalue weighted by molar-refractivity contribution is 5.35. The van der Waals surface area contributed by atoms with Gasteiger partial charge in [-0.05, 0) is 62.6 Å². The Kier molecular flexibility index (Phi) is 3.55. The minimum atomic E-state index is -0.199. The molecule has 17 heavy (non-hydrogen) atoms. The average molecular weight is 232 g/mol. The van der Waals surface area contributed by atoms with E-state index in [2.05, 4.69) is 18.2 Å². The van der Waals surface area contributed by atoms with Crippen LogP contribution in [0.1, 0.15) is 55.8 Å². The summed E-state index contributed by atoms with van der Waals surface area (Å²) in [7, 11) is 0. The van der Waals surface area contributed by atoms with Gasteiger partial charge in [0.1, 0.15) is 0 Å². The van der Waals surface area contributed by atoms with Crippen LogP contribution in [0.5, 0.6) is 0 Å². The van der Waals surface area contributed by atoms with E-state index in [1.807, 2.05) is 13.8 Å². The Hall–Kier alpha value is -0.860. The van der Waals surface area contributed by atoms with Gasteiger partial charge in [0.25, 0.3) is 0 Å².